The van der Waals surface area contributed by atoms with E-state index in [1.54, 1.807) is 0 Å². The van der Waals surface area contributed by atoms with Gasteiger partial charge in [-0.25, -0.2) is 4.68 Å². The minimum absolute atomic E-state index is 0.101. The fourth-order valence-electron chi connectivity index (χ4n) is 4.50. The number of nitrogens with one attached hydrogen (secondary N) is 1. The number of fused-ring (bicyclic) bond motifs is 1. The first-order chi connectivity index (χ1) is 14.5. The van der Waals surface area contributed by atoms with Gasteiger partial charge in [-0.1, -0.05) is 19.9 Å². The number of tetrazole rings is 1. The van der Waals surface area contributed by atoms with E-state index in [2.05, 4.69) is 52.2 Å². The Balaban J connectivity index is 1.84. The van der Waals surface area contributed by atoms with Gasteiger partial charge in [0.15, 0.2) is 5.82 Å². The van der Waals surface area contributed by atoms with Crippen molar-refractivity contribution in [3.8, 4) is 0 Å². The van der Waals surface area contributed by atoms with Crippen molar-refractivity contribution in [2.24, 2.45) is 0 Å². The number of nitrogens with zero attached hydrogens (tertiary/aromatic N) is 5. The van der Waals surface area contributed by atoms with E-state index in [4.69, 9.17) is 4.74 Å². The number of hydrogen-bond donors (Lipinski definition) is 1. The summed E-state index contributed by atoms with van der Waals surface area (Å²) in [7, 11) is 0. The van der Waals surface area contributed by atoms with Crippen LogP contribution in [0.25, 0.3) is 10.9 Å². The smallest absolute Gasteiger partial charge is 0.253 e. The lowest BCUT2D eigenvalue weighted by molar-refractivity contribution is 0.0910. The van der Waals surface area contributed by atoms with Gasteiger partial charge in [0.2, 0.25) is 0 Å². The Kier molecular flexibility index (Phi) is 5.97. The SMILES string of the molecule is CCN(CC)[C@@H](c1cc2c(C)cc(C)cc2[nH]c1=O)c1nnnn1C[C@H]1CCCO1. The molecule has 0 spiro atoms. The average molecular weight is 411 g/mol. The number of pyridine rings is 1. The van der Waals surface area contributed by atoms with Crippen molar-refractivity contribution in [1.29, 1.82) is 0 Å². The Morgan fingerprint density at radius 2 is 2.07 bits per heavy atom. The molecule has 3 aromatic rings. The standard InChI is InChI=1S/C22H30N6O2/c1-5-27(6-2)20(21-24-25-26-28(21)13-16-8-7-9-30-16)18-12-17-15(4)10-14(3)11-19(17)23-22(18)29/h10-12,16,20H,5-9,13H2,1-4H3,(H,23,29)/t16-,20+/m1/s1. The lowest BCUT2D eigenvalue weighted by Crippen LogP contribution is -2.35. The fourth-order valence-corrected chi connectivity index (χ4v) is 4.50. The molecule has 1 fully saturated rings. The first-order valence-electron chi connectivity index (χ1n) is 10.8. The van der Waals surface area contributed by atoms with E-state index < -0.39 is 0 Å². The Hall–Kier alpha value is -2.58. The molecule has 1 N–H and O–H groups in total. The first-order valence-corrected chi connectivity index (χ1v) is 10.8. The predicted molar refractivity (Wildman–Crippen MR) is 116 cm³/mol. The second-order valence-corrected chi connectivity index (χ2v) is 8.07. The van der Waals surface area contributed by atoms with Crippen molar-refractivity contribution in [1.82, 2.24) is 30.1 Å². The third kappa shape index (κ3) is 3.89. The highest BCUT2D eigenvalue weighted by atomic mass is 16.5. The quantitative estimate of drug-likeness (QED) is 0.644. The van der Waals surface area contributed by atoms with Crippen LogP contribution in [0.1, 0.15) is 55.2 Å². The van der Waals surface area contributed by atoms with Gasteiger partial charge in [-0.15, -0.1) is 5.10 Å². The van der Waals surface area contributed by atoms with Crippen molar-refractivity contribution < 1.29 is 4.74 Å². The second-order valence-electron chi connectivity index (χ2n) is 8.07. The summed E-state index contributed by atoms with van der Waals surface area (Å²) in [4.78, 5) is 18.5. The van der Waals surface area contributed by atoms with Crippen LogP contribution in [0.2, 0.25) is 0 Å². The lowest BCUT2D eigenvalue weighted by atomic mass is 10.00. The molecule has 0 radical (unpaired) electrons. The van der Waals surface area contributed by atoms with Crippen molar-refractivity contribution in [2.45, 2.75) is 59.2 Å². The summed E-state index contributed by atoms with van der Waals surface area (Å²) in [5, 5.41) is 13.6. The molecule has 8 nitrogen and oxygen atoms in total. The molecule has 2 atom stereocenters. The fraction of sp³-hybridized carbons (Fsp3) is 0.545. The van der Waals surface area contributed by atoms with Crippen LogP contribution in [0.4, 0.5) is 0 Å². The summed E-state index contributed by atoms with van der Waals surface area (Å²) in [5.74, 6) is 0.684. The molecular weight excluding hydrogens is 380 g/mol. The summed E-state index contributed by atoms with van der Waals surface area (Å²) in [6, 6.07) is 5.83. The molecule has 3 heterocycles. The summed E-state index contributed by atoms with van der Waals surface area (Å²) in [6.07, 6.45) is 2.18. The van der Waals surface area contributed by atoms with Crippen LogP contribution in [0.5, 0.6) is 0 Å². The number of benzene rings is 1. The number of aromatic nitrogens is 5. The van der Waals surface area contributed by atoms with E-state index in [-0.39, 0.29) is 17.7 Å². The van der Waals surface area contributed by atoms with Crippen molar-refractivity contribution in [3.63, 3.8) is 0 Å². The Labute approximate surface area is 176 Å². The maximum absolute atomic E-state index is 13.2. The molecule has 160 valence electrons. The van der Waals surface area contributed by atoms with Gasteiger partial charge in [-0.3, -0.25) is 9.69 Å². The zero-order valence-corrected chi connectivity index (χ0v) is 18.2. The summed E-state index contributed by atoms with van der Waals surface area (Å²) in [6.45, 7) is 11.2. The highest BCUT2D eigenvalue weighted by Crippen LogP contribution is 2.28. The van der Waals surface area contributed by atoms with Crippen LogP contribution < -0.4 is 5.56 Å². The molecule has 0 bridgehead atoms. The summed E-state index contributed by atoms with van der Waals surface area (Å²) < 4.78 is 7.60. The lowest BCUT2D eigenvalue weighted by Gasteiger charge is -2.29. The highest BCUT2D eigenvalue weighted by Gasteiger charge is 2.30. The molecule has 0 saturated carbocycles. The second kappa shape index (κ2) is 8.65. The van der Waals surface area contributed by atoms with E-state index in [1.807, 2.05) is 23.7 Å². The van der Waals surface area contributed by atoms with Crippen LogP contribution in [0.15, 0.2) is 23.0 Å². The summed E-state index contributed by atoms with van der Waals surface area (Å²) >= 11 is 0. The minimum atomic E-state index is -0.328. The molecule has 30 heavy (non-hydrogen) atoms. The van der Waals surface area contributed by atoms with Crippen molar-refractivity contribution in [2.75, 3.05) is 19.7 Å². The molecule has 4 rings (SSSR count). The molecule has 1 aliphatic heterocycles. The minimum Gasteiger partial charge on any atom is -0.376 e. The van der Waals surface area contributed by atoms with E-state index in [9.17, 15) is 4.79 Å². The first kappa shape index (κ1) is 20.7. The molecule has 8 heteroatoms. The monoisotopic (exact) mass is 410 g/mol. The molecule has 0 unspecified atom stereocenters. The van der Waals surface area contributed by atoms with Gasteiger partial charge in [0.05, 0.1) is 12.6 Å². The van der Waals surface area contributed by atoms with Gasteiger partial charge in [0.1, 0.15) is 6.04 Å². The Morgan fingerprint density at radius 1 is 1.27 bits per heavy atom. The van der Waals surface area contributed by atoms with Crippen molar-refractivity contribution in [3.05, 3.63) is 51.1 Å². The van der Waals surface area contributed by atoms with Gasteiger partial charge in [0.25, 0.3) is 5.56 Å². The topological polar surface area (TPSA) is 88.9 Å². The molecule has 1 saturated heterocycles. The predicted octanol–water partition coefficient (Wildman–Crippen LogP) is 2.74. The van der Waals surface area contributed by atoms with Crippen LogP contribution in [0.3, 0.4) is 0 Å². The molecule has 0 amide bonds. The zero-order chi connectivity index (χ0) is 21.3. The van der Waals surface area contributed by atoms with E-state index in [0.717, 1.165) is 54.6 Å². The Morgan fingerprint density at radius 3 is 2.77 bits per heavy atom. The number of aryl methyl sites for hydroxylation is 2. The molecule has 1 aromatic carbocycles. The maximum Gasteiger partial charge on any atom is 0.253 e. The number of ether oxygens (including phenoxy) is 1. The summed E-state index contributed by atoms with van der Waals surface area (Å²) in [5.41, 5.74) is 3.69. The molecule has 2 aromatic heterocycles. The molecule has 1 aliphatic rings. The third-order valence-electron chi connectivity index (χ3n) is 6.02. The molecular formula is C22H30N6O2. The number of aromatic amines is 1. The van der Waals surface area contributed by atoms with Gasteiger partial charge in [-0.2, -0.15) is 0 Å². The van der Waals surface area contributed by atoms with Gasteiger partial charge < -0.3 is 9.72 Å². The van der Waals surface area contributed by atoms with Crippen LogP contribution in [-0.4, -0.2) is 55.9 Å². The van der Waals surface area contributed by atoms with E-state index in [0.29, 0.717) is 17.9 Å². The maximum atomic E-state index is 13.2. The van der Waals surface area contributed by atoms with Crippen molar-refractivity contribution >= 4 is 10.9 Å². The average Bonchev–Trinajstić information content (AvgIpc) is 3.38. The number of rotatable bonds is 7. The van der Waals surface area contributed by atoms with E-state index >= 15 is 0 Å². The van der Waals surface area contributed by atoms with Crippen LogP contribution >= 0.6 is 0 Å². The van der Waals surface area contributed by atoms with Crippen LogP contribution in [0, 0.1) is 13.8 Å². The van der Waals surface area contributed by atoms with Gasteiger partial charge in [0, 0.05) is 23.1 Å². The normalized spacial score (nSPS) is 17.8. The largest absolute Gasteiger partial charge is 0.376 e. The number of hydrogen-bond acceptors (Lipinski definition) is 6. The van der Waals surface area contributed by atoms with E-state index in [1.165, 1.54) is 0 Å². The van der Waals surface area contributed by atoms with Gasteiger partial charge >= 0.3 is 0 Å². The number of H-pyrrole nitrogens is 1. The Bertz CT molecular complexity index is 1080. The zero-order valence-electron chi connectivity index (χ0n) is 18.2. The highest BCUT2D eigenvalue weighted by molar-refractivity contribution is 5.83. The molecule has 0 aliphatic carbocycles. The van der Waals surface area contributed by atoms with Crippen LogP contribution in [-0.2, 0) is 11.3 Å². The third-order valence-corrected chi connectivity index (χ3v) is 6.02. The van der Waals surface area contributed by atoms with Gasteiger partial charge in [-0.05, 0) is 73.5 Å².